The van der Waals surface area contributed by atoms with Crippen LogP contribution in [0.25, 0.3) is 0 Å². The molecular formula is C21H33NO3S. The first kappa shape index (κ1) is 22.4. The fraction of sp³-hybridized carbons (Fsp3) is 0.619. The first-order valence-corrected chi connectivity index (χ1v) is 10.4. The van der Waals surface area contributed by atoms with Crippen LogP contribution in [0.3, 0.4) is 0 Å². The minimum Gasteiger partial charge on any atom is -0.462 e. The van der Waals surface area contributed by atoms with Gasteiger partial charge in [0.2, 0.25) is 5.91 Å². The molecule has 1 N–H and O–H groups in total. The monoisotopic (exact) mass is 379 g/mol. The molecule has 1 heterocycles. The van der Waals surface area contributed by atoms with Crippen LogP contribution in [0.5, 0.6) is 0 Å². The Morgan fingerprint density at radius 3 is 2.50 bits per heavy atom. The van der Waals surface area contributed by atoms with Crippen LogP contribution in [-0.4, -0.2) is 18.5 Å². The number of ether oxygens (including phenoxy) is 1. The van der Waals surface area contributed by atoms with Crippen molar-refractivity contribution in [2.24, 2.45) is 5.92 Å². The largest absolute Gasteiger partial charge is 0.462 e. The molecule has 146 valence electrons. The van der Waals surface area contributed by atoms with Crippen LogP contribution >= 0.6 is 11.3 Å². The van der Waals surface area contributed by atoms with Crippen molar-refractivity contribution in [3.8, 4) is 0 Å². The van der Waals surface area contributed by atoms with Crippen LogP contribution in [0, 0.1) is 5.92 Å². The Kier molecular flexibility index (Phi) is 9.63. The van der Waals surface area contributed by atoms with E-state index in [0.717, 1.165) is 30.6 Å². The number of amides is 1. The molecule has 4 nitrogen and oxygen atoms in total. The van der Waals surface area contributed by atoms with E-state index in [1.807, 2.05) is 13.0 Å². The predicted molar refractivity (Wildman–Crippen MR) is 110 cm³/mol. The number of anilines is 1. The molecule has 0 radical (unpaired) electrons. The molecule has 0 aromatic carbocycles. The summed E-state index contributed by atoms with van der Waals surface area (Å²) >= 11 is 1.49. The summed E-state index contributed by atoms with van der Waals surface area (Å²) in [6, 6.07) is 1.88. The Hall–Kier alpha value is -1.62. The van der Waals surface area contributed by atoms with Crippen molar-refractivity contribution in [3.05, 3.63) is 28.2 Å². The van der Waals surface area contributed by atoms with E-state index in [1.165, 1.54) is 16.9 Å². The van der Waals surface area contributed by atoms with Crippen LogP contribution in [0.15, 0.2) is 17.7 Å². The summed E-state index contributed by atoms with van der Waals surface area (Å²) in [5.41, 5.74) is 1.78. The molecule has 0 aliphatic carbocycles. The summed E-state index contributed by atoms with van der Waals surface area (Å²) in [7, 11) is 0. The molecule has 5 heteroatoms. The number of hydrogen-bond acceptors (Lipinski definition) is 4. The van der Waals surface area contributed by atoms with Crippen molar-refractivity contribution in [1.29, 1.82) is 0 Å². The molecule has 26 heavy (non-hydrogen) atoms. The number of rotatable bonds is 10. The zero-order valence-electron chi connectivity index (χ0n) is 17.0. The lowest BCUT2D eigenvalue weighted by atomic mass is 10.0. The fourth-order valence-corrected chi connectivity index (χ4v) is 3.81. The highest BCUT2D eigenvalue weighted by Gasteiger charge is 2.22. The second kappa shape index (κ2) is 11.2. The Morgan fingerprint density at radius 1 is 1.23 bits per heavy atom. The summed E-state index contributed by atoms with van der Waals surface area (Å²) < 4.78 is 5.17. The third-order valence-corrected chi connectivity index (χ3v) is 5.57. The topological polar surface area (TPSA) is 55.4 Å². The average molecular weight is 380 g/mol. The summed E-state index contributed by atoms with van der Waals surface area (Å²) in [5.74, 6) is -0.161. The fourth-order valence-electron chi connectivity index (χ4n) is 2.67. The zero-order valence-corrected chi connectivity index (χ0v) is 17.8. The van der Waals surface area contributed by atoms with Gasteiger partial charge >= 0.3 is 5.97 Å². The number of carbonyl (C=O) groups is 2. The number of thiophene rings is 1. The van der Waals surface area contributed by atoms with Gasteiger partial charge in [0, 0.05) is 10.8 Å². The molecule has 0 saturated carbocycles. The molecule has 0 bridgehead atoms. The molecule has 1 aromatic heterocycles. The molecule has 0 spiro atoms. The Morgan fingerprint density at radius 2 is 1.92 bits per heavy atom. The maximum absolute atomic E-state index is 12.4. The van der Waals surface area contributed by atoms with Crippen molar-refractivity contribution >= 4 is 28.2 Å². The van der Waals surface area contributed by atoms with Gasteiger partial charge in [-0.05, 0) is 52.0 Å². The number of allylic oxidation sites excluding steroid dienone is 2. The quantitative estimate of drug-likeness (QED) is 0.392. The SMILES string of the molecule is CCC[C@@H](C)C(=O)Nc1sc([C@@H](C)CCC=C(C)C)cc1C(=O)OCC. The molecule has 1 rings (SSSR count). The Bertz CT molecular complexity index is 629. The third kappa shape index (κ3) is 6.94. The van der Waals surface area contributed by atoms with Crippen LogP contribution in [-0.2, 0) is 9.53 Å². The van der Waals surface area contributed by atoms with Gasteiger partial charge in [-0.1, -0.05) is 38.8 Å². The van der Waals surface area contributed by atoms with Crippen molar-refractivity contribution in [2.75, 3.05) is 11.9 Å². The van der Waals surface area contributed by atoms with E-state index in [0.29, 0.717) is 23.1 Å². The van der Waals surface area contributed by atoms with Crippen molar-refractivity contribution in [3.63, 3.8) is 0 Å². The standard InChI is InChI=1S/C21H33NO3S/c1-7-10-16(6)19(23)22-20-17(21(24)25-8-2)13-18(26-20)15(5)12-9-11-14(3)4/h11,13,15-16H,7-10,12H2,1-6H3,(H,22,23)/t15-,16+/m0/s1. The lowest BCUT2D eigenvalue weighted by molar-refractivity contribution is -0.119. The van der Waals surface area contributed by atoms with Gasteiger partial charge in [0.15, 0.2) is 0 Å². The summed E-state index contributed by atoms with van der Waals surface area (Å²) in [4.78, 5) is 25.8. The summed E-state index contributed by atoms with van der Waals surface area (Å²) in [6.45, 7) is 12.4. The van der Waals surface area contributed by atoms with Gasteiger partial charge in [-0.15, -0.1) is 11.3 Å². The van der Waals surface area contributed by atoms with Gasteiger partial charge in [0.1, 0.15) is 5.00 Å². The van der Waals surface area contributed by atoms with Gasteiger partial charge in [0.25, 0.3) is 0 Å². The number of nitrogens with one attached hydrogen (secondary N) is 1. The van der Waals surface area contributed by atoms with E-state index >= 15 is 0 Å². The van der Waals surface area contributed by atoms with Crippen molar-refractivity contribution < 1.29 is 14.3 Å². The van der Waals surface area contributed by atoms with Gasteiger partial charge in [0.05, 0.1) is 12.2 Å². The second-order valence-electron chi connectivity index (χ2n) is 7.05. The van der Waals surface area contributed by atoms with Gasteiger partial charge in [-0.3, -0.25) is 4.79 Å². The van der Waals surface area contributed by atoms with E-state index in [-0.39, 0.29) is 17.8 Å². The molecule has 0 aliphatic rings. The van der Waals surface area contributed by atoms with E-state index in [1.54, 1.807) is 6.92 Å². The molecule has 0 unspecified atom stereocenters. The molecule has 1 aromatic rings. The van der Waals surface area contributed by atoms with Crippen molar-refractivity contribution in [1.82, 2.24) is 0 Å². The average Bonchev–Trinajstić information content (AvgIpc) is 2.98. The lowest BCUT2D eigenvalue weighted by Crippen LogP contribution is -2.21. The maximum Gasteiger partial charge on any atom is 0.341 e. The van der Waals surface area contributed by atoms with E-state index < -0.39 is 0 Å². The first-order chi connectivity index (χ1) is 12.3. The third-order valence-electron chi connectivity index (χ3n) is 4.29. The highest BCUT2D eigenvalue weighted by atomic mass is 32.1. The minimum atomic E-state index is -0.370. The van der Waals surface area contributed by atoms with Gasteiger partial charge in [-0.2, -0.15) is 0 Å². The number of carbonyl (C=O) groups excluding carboxylic acids is 2. The minimum absolute atomic E-state index is 0.0389. The first-order valence-electron chi connectivity index (χ1n) is 9.55. The second-order valence-corrected chi connectivity index (χ2v) is 8.13. The lowest BCUT2D eigenvalue weighted by Gasteiger charge is -2.11. The van der Waals surface area contributed by atoms with Crippen LogP contribution in [0.1, 0.15) is 88.4 Å². The predicted octanol–water partition coefficient (Wildman–Crippen LogP) is 6.15. The molecule has 0 aliphatic heterocycles. The van der Waals surface area contributed by atoms with Gasteiger partial charge < -0.3 is 10.1 Å². The van der Waals surface area contributed by atoms with E-state index in [4.69, 9.17) is 4.74 Å². The number of hydrogen-bond donors (Lipinski definition) is 1. The van der Waals surface area contributed by atoms with Crippen LogP contribution in [0.4, 0.5) is 5.00 Å². The van der Waals surface area contributed by atoms with Crippen LogP contribution in [0.2, 0.25) is 0 Å². The molecule has 0 fully saturated rings. The van der Waals surface area contributed by atoms with Crippen LogP contribution < -0.4 is 5.32 Å². The molecule has 0 saturated heterocycles. The van der Waals surface area contributed by atoms with E-state index in [9.17, 15) is 9.59 Å². The highest BCUT2D eigenvalue weighted by Crippen LogP contribution is 2.36. The highest BCUT2D eigenvalue weighted by molar-refractivity contribution is 7.16. The van der Waals surface area contributed by atoms with Gasteiger partial charge in [-0.25, -0.2) is 4.79 Å². The number of esters is 1. The molecular weight excluding hydrogens is 346 g/mol. The summed E-state index contributed by atoms with van der Waals surface area (Å²) in [6.07, 6.45) is 6.03. The maximum atomic E-state index is 12.4. The van der Waals surface area contributed by atoms with Crippen molar-refractivity contribution in [2.45, 2.75) is 73.1 Å². The normalized spacial score (nSPS) is 13.0. The molecule has 1 amide bonds. The van der Waals surface area contributed by atoms with E-state index in [2.05, 4.69) is 39.1 Å². The Balaban J connectivity index is 2.99. The zero-order chi connectivity index (χ0) is 19.7. The summed E-state index contributed by atoms with van der Waals surface area (Å²) in [5, 5.41) is 3.56. The Labute approximate surface area is 162 Å². The smallest absolute Gasteiger partial charge is 0.341 e. The molecule has 2 atom stereocenters.